The molecule has 2 aromatic carbocycles. The number of esters is 1. The van der Waals surface area contributed by atoms with Crippen molar-refractivity contribution in [2.75, 3.05) is 20.3 Å². The third kappa shape index (κ3) is 4.87. The Kier molecular flexibility index (Phi) is 7.64. The molecule has 0 fully saturated rings. The number of hydrogen-bond donors (Lipinski definition) is 0. The summed E-state index contributed by atoms with van der Waals surface area (Å²) in [4.78, 5) is 31.1. The third-order valence-electron chi connectivity index (χ3n) is 5.28. The Morgan fingerprint density at radius 1 is 1.14 bits per heavy atom. The van der Waals surface area contributed by atoms with Gasteiger partial charge in [-0.3, -0.25) is 9.36 Å². The summed E-state index contributed by atoms with van der Waals surface area (Å²) in [6.07, 6.45) is 3.11. The highest BCUT2D eigenvalue weighted by molar-refractivity contribution is 7.07. The molecule has 1 aliphatic heterocycles. The number of fused-ring (bicyclic) bond motifs is 1. The second-order valence-corrected chi connectivity index (χ2v) is 9.19. The van der Waals surface area contributed by atoms with Crippen LogP contribution >= 0.6 is 34.5 Å². The largest absolute Gasteiger partial charge is 0.490 e. The maximum absolute atomic E-state index is 13.6. The van der Waals surface area contributed by atoms with E-state index in [1.807, 2.05) is 13.8 Å². The molecule has 0 N–H and O–H groups in total. The van der Waals surface area contributed by atoms with Gasteiger partial charge in [0.2, 0.25) is 0 Å². The highest BCUT2D eigenvalue weighted by atomic mass is 35.5. The number of carbonyl (C=O) groups is 1. The molecule has 182 valence electrons. The van der Waals surface area contributed by atoms with Crippen LogP contribution in [0.25, 0.3) is 6.08 Å². The second kappa shape index (κ2) is 10.7. The molecule has 0 bridgehead atoms. The van der Waals surface area contributed by atoms with Gasteiger partial charge in [0, 0.05) is 6.20 Å². The van der Waals surface area contributed by atoms with Crippen molar-refractivity contribution in [2.24, 2.45) is 4.99 Å². The molecule has 0 amide bonds. The zero-order chi connectivity index (χ0) is 25.1. The normalized spacial score (nSPS) is 15.2. The molecule has 0 radical (unpaired) electrons. The zero-order valence-corrected chi connectivity index (χ0v) is 21.5. The van der Waals surface area contributed by atoms with Crippen molar-refractivity contribution in [3.8, 4) is 11.5 Å². The van der Waals surface area contributed by atoms with Crippen molar-refractivity contribution in [1.29, 1.82) is 0 Å². The third-order valence-corrected chi connectivity index (χ3v) is 7.11. The summed E-state index contributed by atoms with van der Waals surface area (Å²) in [7, 11) is 1.29. The van der Waals surface area contributed by atoms with E-state index in [2.05, 4.69) is 4.99 Å². The summed E-state index contributed by atoms with van der Waals surface area (Å²) in [6, 6.07) is 9.76. The van der Waals surface area contributed by atoms with Crippen molar-refractivity contribution in [2.45, 2.75) is 19.9 Å². The van der Waals surface area contributed by atoms with Crippen LogP contribution in [0.2, 0.25) is 10.0 Å². The molecule has 10 heteroatoms. The summed E-state index contributed by atoms with van der Waals surface area (Å²) < 4.78 is 18.3. The molecule has 0 saturated carbocycles. The first-order valence-electron chi connectivity index (χ1n) is 10.8. The van der Waals surface area contributed by atoms with E-state index in [0.717, 1.165) is 0 Å². The van der Waals surface area contributed by atoms with Gasteiger partial charge < -0.3 is 14.2 Å². The molecule has 0 spiro atoms. The molecule has 2 heterocycles. The van der Waals surface area contributed by atoms with Gasteiger partial charge in [0.25, 0.3) is 5.56 Å². The fourth-order valence-electron chi connectivity index (χ4n) is 3.76. The molecule has 4 rings (SSSR count). The average molecular weight is 533 g/mol. The van der Waals surface area contributed by atoms with Gasteiger partial charge in [-0.05, 0) is 49.2 Å². The van der Waals surface area contributed by atoms with Gasteiger partial charge in [-0.2, -0.15) is 0 Å². The lowest BCUT2D eigenvalue weighted by atomic mass is 9.97. The van der Waals surface area contributed by atoms with Crippen LogP contribution in [0.4, 0.5) is 0 Å². The molecule has 1 aromatic heterocycles. The Balaban J connectivity index is 1.93. The Hall–Kier alpha value is -3.07. The second-order valence-electron chi connectivity index (χ2n) is 7.39. The summed E-state index contributed by atoms with van der Waals surface area (Å²) >= 11 is 13.7. The van der Waals surface area contributed by atoms with Gasteiger partial charge >= 0.3 is 5.97 Å². The van der Waals surface area contributed by atoms with E-state index >= 15 is 0 Å². The minimum absolute atomic E-state index is 0.221. The standard InChI is InChI=1S/C25H22Cl2N2O5S/c1-4-33-18-10-9-15(11-19(18)34-5-2)22-16(24(31)32-3)13-28-25-29(22)23(30)20(35-25)12-14-7-6-8-17(26)21(14)27/h6-13,22H,4-5H2,1-3H3/b20-12+/t22-/m1/s1. The van der Waals surface area contributed by atoms with Crippen LogP contribution in [0, 0.1) is 0 Å². The van der Waals surface area contributed by atoms with Gasteiger partial charge in [-0.1, -0.05) is 52.7 Å². The summed E-state index contributed by atoms with van der Waals surface area (Å²) in [5.41, 5.74) is 1.15. The fraction of sp³-hybridized carbons (Fsp3) is 0.240. The summed E-state index contributed by atoms with van der Waals surface area (Å²) in [5.74, 6) is 0.503. The van der Waals surface area contributed by atoms with E-state index in [9.17, 15) is 9.59 Å². The van der Waals surface area contributed by atoms with Gasteiger partial charge in [0.1, 0.15) is 0 Å². The Morgan fingerprint density at radius 3 is 2.60 bits per heavy atom. The van der Waals surface area contributed by atoms with Crippen LogP contribution in [0.5, 0.6) is 11.5 Å². The van der Waals surface area contributed by atoms with E-state index in [1.165, 1.54) is 29.2 Å². The average Bonchev–Trinajstić information content (AvgIpc) is 3.17. The van der Waals surface area contributed by atoms with E-state index in [0.29, 0.717) is 55.2 Å². The number of methoxy groups -OCH3 is 1. The van der Waals surface area contributed by atoms with Crippen molar-refractivity contribution in [1.82, 2.24) is 4.57 Å². The van der Waals surface area contributed by atoms with Gasteiger partial charge in [0.15, 0.2) is 16.3 Å². The van der Waals surface area contributed by atoms with E-state index in [4.69, 9.17) is 37.4 Å². The zero-order valence-electron chi connectivity index (χ0n) is 19.2. The predicted molar refractivity (Wildman–Crippen MR) is 136 cm³/mol. The number of halogens is 2. The highest BCUT2D eigenvalue weighted by Gasteiger charge is 2.31. The van der Waals surface area contributed by atoms with E-state index in [-0.39, 0.29) is 11.1 Å². The maximum atomic E-state index is 13.6. The monoisotopic (exact) mass is 532 g/mol. The maximum Gasteiger partial charge on any atom is 0.337 e. The van der Waals surface area contributed by atoms with Crippen LogP contribution in [0.3, 0.4) is 0 Å². The number of thiazole rings is 1. The number of rotatable bonds is 7. The van der Waals surface area contributed by atoms with Crippen molar-refractivity contribution in [3.05, 3.63) is 89.0 Å². The Labute approximate surface area is 215 Å². The SMILES string of the molecule is CCOc1ccc([C@@H]2C(C(=O)OC)=CN=c3s/c(=C/c4cccc(Cl)c4Cl)c(=O)n32)cc1OCC. The minimum Gasteiger partial charge on any atom is -0.490 e. The smallest absolute Gasteiger partial charge is 0.337 e. The number of hydrogen-bond acceptors (Lipinski definition) is 7. The molecule has 3 aromatic rings. The lowest BCUT2D eigenvalue weighted by Gasteiger charge is -2.23. The molecule has 35 heavy (non-hydrogen) atoms. The number of ether oxygens (including phenoxy) is 3. The van der Waals surface area contributed by atoms with Crippen LogP contribution in [0.15, 0.2) is 58.0 Å². The number of benzene rings is 2. The Bertz CT molecular complexity index is 1490. The predicted octanol–water partition coefficient (Wildman–Crippen LogP) is 4.12. The van der Waals surface area contributed by atoms with Gasteiger partial charge in [0.05, 0.1) is 46.5 Å². The topological polar surface area (TPSA) is 79.1 Å². The number of nitrogens with zero attached hydrogens (tertiary/aromatic N) is 2. The Morgan fingerprint density at radius 2 is 1.89 bits per heavy atom. The first-order chi connectivity index (χ1) is 16.9. The lowest BCUT2D eigenvalue weighted by Crippen LogP contribution is -2.39. The molecule has 1 atom stereocenters. The summed E-state index contributed by atoms with van der Waals surface area (Å²) in [5, 5.41) is 0.733. The van der Waals surface area contributed by atoms with Crippen LogP contribution < -0.4 is 24.4 Å². The molecular formula is C25H22Cl2N2O5S. The quantitative estimate of drug-likeness (QED) is 0.427. The first-order valence-corrected chi connectivity index (χ1v) is 12.4. The van der Waals surface area contributed by atoms with Gasteiger partial charge in [-0.25, -0.2) is 9.79 Å². The highest BCUT2D eigenvalue weighted by Crippen LogP contribution is 2.35. The first kappa shape index (κ1) is 25.0. The van der Waals surface area contributed by atoms with Crippen LogP contribution in [-0.2, 0) is 9.53 Å². The molecule has 7 nitrogen and oxygen atoms in total. The van der Waals surface area contributed by atoms with Crippen molar-refractivity contribution in [3.63, 3.8) is 0 Å². The van der Waals surface area contributed by atoms with Gasteiger partial charge in [-0.15, -0.1) is 0 Å². The van der Waals surface area contributed by atoms with Crippen LogP contribution in [0.1, 0.15) is 31.0 Å². The van der Waals surface area contributed by atoms with E-state index < -0.39 is 12.0 Å². The van der Waals surface area contributed by atoms with E-state index in [1.54, 1.807) is 42.5 Å². The molecule has 0 unspecified atom stereocenters. The van der Waals surface area contributed by atoms with Crippen molar-refractivity contribution < 1.29 is 19.0 Å². The van der Waals surface area contributed by atoms with Crippen LogP contribution in [-0.4, -0.2) is 30.9 Å². The summed E-state index contributed by atoms with van der Waals surface area (Å²) in [6.45, 7) is 4.64. The molecule has 1 aliphatic rings. The van der Waals surface area contributed by atoms with Crippen molar-refractivity contribution >= 4 is 46.6 Å². The molecular weight excluding hydrogens is 511 g/mol. The number of aromatic nitrogens is 1. The fourth-order valence-corrected chi connectivity index (χ4v) is 5.08. The number of carbonyl (C=O) groups excluding carboxylic acids is 1. The molecule has 0 aliphatic carbocycles. The molecule has 0 saturated heterocycles. The lowest BCUT2D eigenvalue weighted by molar-refractivity contribution is -0.136. The minimum atomic E-state index is -0.773.